The zero-order valence-corrected chi connectivity index (χ0v) is 18.0. The quantitative estimate of drug-likeness (QED) is 0.457. The number of thiophene rings is 2. The average molecular weight is 460 g/mol. The van der Waals surface area contributed by atoms with Gasteiger partial charge in [-0.1, -0.05) is 6.07 Å². The number of carbonyl (C=O) groups is 3. The van der Waals surface area contributed by atoms with Crippen LogP contribution in [-0.4, -0.2) is 52.3 Å². The van der Waals surface area contributed by atoms with Crippen LogP contribution in [0.1, 0.15) is 19.4 Å². The van der Waals surface area contributed by atoms with Gasteiger partial charge in [0.15, 0.2) is 6.61 Å². The number of rotatable bonds is 10. The minimum atomic E-state index is -3.26. The van der Waals surface area contributed by atoms with E-state index in [9.17, 15) is 22.8 Å². The van der Waals surface area contributed by atoms with Crippen molar-refractivity contribution in [2.75, 3.05) is 26.0 Å². The van der Waals surface area contributed by atoms with Crippen molar-refractivity contribution in [2.24, 2.45) is 0 Å². The van der Waals surface area contributed by atoms with Crippen molar-refractivity contribution in [2.45, 2.75) is 12.8 Å². The van der Waals surface area contributed by atoms with E-state index in [0.29, 0.717) is 19.4 Å². The lowest BCUT2D eigenvalue weighted by molar-refractivity contribution is -0.123. The molecule has 3 N–H and O–H groups in total. The lowest BCUT2D eigenvalue weighted by Crippen LogP contribution is -2.42. The highest BCUT2D eigenvalue weighted by Crippen LogP contribution is 2.17. The van der Waals surface area contributed by atoms with E-state index < -0.39 is 34.5 Å². The Kier molecular flexibility index (Phi) is 8.76. The lowest BCUT2D eigenvalue weighted by atomic mass is 10.3. The van der Waals surface area contributed by atoms with Gasteiger partial charge in [0.1, 0.15) is 4.88 Å². The number of carbonyl (C=O) groups excluding carboxylic acids is 3. The fourth-order valence-electron chi connectivity index (χ4n) is 2.14. The molecule has 0 aliphatic rings. The molecule has 158 valence electrons. The van der Waals surface area contributed by atoms with Gasteiger partial charge in [0.05, 0.1) is 6.26 Å². The SMILES string of the molecule is CS(=O)(=O)NCCc1ccc(C(=O)OCC(=O)NC(=O)NCCc2cccs2)s1. The Labute approximate surface area is 176 Å². The van der Waals surface area contributed by atoms with Crippen molar-refractivity contribution in [3.63, 3.8) is 0 Å². The van der Waals surface area contributed by atoms with Gasteiger partial charge in [0, 0.05) is 22.8 Å². The Hall–Kier alpha value is -2.28. The average Bonchev–Trinajstić information content (AvgIpc) is 3.30. The van der Waals surface area contributed by atoms with E-state index in [0.717, 1.165) is 27.3 Å². The van der Waals surface area contributed by atoms with Gasteiger partial charge in [0.2, 0.25) is 10.0 Å². The first-order chi connectivity index (χ1) is 13.7. The standard InChI is InChI=1S/C17H21N3O6S3/c1-29(24,25)19-9-7-13-4-5-14(28-13)16(22)26-11-15(21)20-17(23)18-8-6-12-3-2-10-27-12/h2-5,10,19H,6-9,11H2,1H3,(H2,18,20,21,23). The molecular formula is C17H21N3O6S3. The first kappa shape index (κ1) is 23.0. The molecule has 0 aromatic carbocycles. The Morgan fingerprint density at radius 3 is 2.52 bits per heavy atom. The largest absolute Gasteiger partial charge is 0.451 e. The third kappa shape index (κ3) is 9.17. The summed E-state index contributed by atoms with van der Waals surface area (Å²) in [6, 6.07) is 6.44. The second-order valence-electron chi connectivity index (χ2n) is 5.89. The molecule has 12 heteroatoms. The van der Waals surface area contributed by atoms with E-state index in [1.807, 2.05) is 17.5 Å². The van der Waals surface area contributed by atoms with Crippen molar-refractivity contribution in [1.82, 2.24) is 15.4 Å². The van der Waals surface area contributed by atoms with E-state index in [1.54, 1.807) is 17.4 Å². The molecule has 0 bridgehead atoms. The molecule has 0 atom stereocenters. The van der Waals surface area contributed by atoms with Crippen LogP contribution in [-0.2, 0) is 32.4 Å². The maximum atomic E-state index is 12.0. The molecule has 0 aliphatic carbocycles. The highest BCUT2D eigenvalue weighted by molar-refractivity contribution is 7.88. The van der Waals surface area contributed by atoms with Gasteiger partial charge >= 0.3 is 12.0 Å². The van der Waals surface area contributed by atoms with E-state index >= 15 is 0 Å². The van der Waals surface area contributed by atoms with E-state index in [4.69, 9.17) is 4.74 Å². The van der Waals surface area contributed by atoms with Crippen LogP contribution in [0.15, 0.2) is 29.6 Å². The molecule has 2 aromatic heterocycles. The Morgan fingerprint density at radius 1 is 1.07 bits per heavy atom. The monoisotopic (exact) mass is 459 g/mol. The van der Waals surface area contributed by atoms with Crippen LogP contribution in [0.3, 0.4) is 0 Å². The molecule has 9 nitrogen and oxygen atoms in total. The maximum Gasteiger partial charge on any atom is 0.348 e. The summed E-state index contributed by atoms with van der Waals surface area (Å²) >= 11 is 2.73. The molecule has 2 heterocycles. The Morgan fingerprint density at radius 2 is 1.83 bits per heavy atom. The van der Waals surface area contributed by atoms with Crippen LogP contribution in [0.4, 0.5) is 4.79 Å². The normalized spacial score (nSPS) is 11.1. The van der Waals surface area contributed by atoms with Crippen molar-refractivity contribution in [3.8, 4) is 0 Å². The molecule has 2 rings (SSSR count). The van der Waals surface area contributed by atoms with Gasteiger partial charge in [-0.25, -0.2) is 22.7 Å². The first-order valence-corrected chi connectivity index (χ1v) is 12.1. The molecule has 0 radical (unpaired) electrons. The number of amides is 3. The summed E-state index contributed by atoms with van der Waals surface area (Å²) in [5.74, 6) is -1.42. The molecule has 0 spiro atoms. The zero-order valence-electron chi connectivity index (χ0n) is 15.6. The number of sulfonamides is 1. The minimum Gasteiger partial charge on any atom is -0.451 e. The van der Waals surface area contributed by atoms with Crippen LogP contribution in [0.2, 0.25) is 0 Å². The van der Waals surface area contributed by atoms with Gasteiger partial charge in [-0.3, -0.25) is 10.1 Å². The summed E-state index contributed by atoms with van der Waals surface area (Å²) in [6.07, 6.45) is 2.16. The molecular weight excluding hydrogens is 438 g/mol. The molecule has 2 aromatic rings. The topological polar surface area (TPSA) is 131 Å². The fourth-order valence-corrected chi connectivity index (χ4v) is 4.23. The second-order valence-corrected chi connectivity index (χ2v) is 9.93. The third-order valence-electron chi connectivity index (χ3n) is 3.42. The number of hydrogen-bond donors (Lipinski definition) is 3. The summed E-state index contributed by atoms with van der Waals surface area (Å²) in [5.41, 5.74) is 0. The number of urea groups is 1. The van der Waals surface area contributed by atoms with Crippen molar-refractivity contribution >= 4 is 50.6 Å². The molecule has 0 fully saturated rings. The smallest absolute Gasteiger partial charge is 0.348 e. The van der Waals surface area contributed by atoms with Gasteiger partial charge in [0.25, 0.3) is 5.91 Å². The van der Waals surface area contributed by atoms with Gasteiger partial charge in [-0.15, -0.1) is 22.7 Å². The number of esters is 1. The number of nitrogens with one attached hydrogen (secondary N) is 3. The highest BCUT2D eigenvalue weighted by Gasteiger charge is 2.14. The van der Waals surface area contributed by atoms with Gasteiger partial charge in [-0.05, 0) is 36.4 Å². The van der Waals surface area contributed by atoms with Crippen LogP contribution in [0, 0.1) is 0 Å². The minimum absolute atomic E-state index is 0.220. The van der Waals surface area contributed by atoms with Crippen LogP contribution in [0.5, 0.6) is 0 Å². The summed E-state index contributed by atoms with van der Waals surface area (Å²) in [6.45, 7) is 0.0173. The Balaban J connectivity index is 1.66. The van der Waals surface area contributed by atoms with Gasteiger partial charge < -0.3 is 10.1 Å². The van der Waals surface area contributed by atoms with Crippen molar-refractivity contribution in [1.29, 1.82) is 0 Å². The molecule has 29 heavy (non-hydrogen) atoms. The fraction of sp³-hybridized carbons (Fsp3) is 0.353. The third-order valence-corrected chi connectivity index (χ3v) is 6.21. The molecule has 0 aliphatic heterocycles. The summed E-state index contributed by atoms with van der Waals surface area (Å²) in [4.78, 5) is 37.5. The predicted octanol–water partition coefficient (Wildman–Crippen LogP) is 1.13. The Bertz CT molecular complexity index is 938. The summed E-state index contributed by atoms with van der Waals surface area (Å²) in [5, 5.41) is 6.58. The van der Waals surface area contributed by atoms with Crippen molar-refractivity contribution in [3.05, 3.63) is 44.3 Å². The first-order valence-electron chi connectivity index (χ1n) is 8.53. The number of hydrogen-bond acceptors (Lipinski definition) is 8. The predicted molar refractivity (Wildman–Crippen MR) is 111 cm³/mol. The van der Waals surface area contributed by atoms with Crippen LogP contribution in [0.25, 0.3) is 0 Å². The molecule has 0 unspecified atom stereocenters. The van der Waals surface area contributed by atoms with Gasteiger partial charge in [-0.2, -0.15) is 0 Å². The van der Waals surface area contributed by atoms with E-state index in [1.165, 1.54) is 6.07 Å². The lowest BCUT2D eigenvalue weighted by Gasteiger charge is -2.06. The zero-order chi connectivity index (χ0) is 21.3. The van der Waals surface area contributed by atoms with Crippen molar-refractivity contribution < 1.29 is 27.5 Å². The van der Waals surface area contributed by atoms with E-state index in [2.05, 4.69) is 15.4 Å². The maximum absolute atomic E-state index is 12.0. The molecule has 3 amide bonds. The summed E-state index contributed by atoms with van der Waals surface area (Å²) in [7, 11) is -3.26. The van der Waals surface area contributed by atoms with E-state index in [-0.39, 0.29) is 11.4 Å². The van der Waals surface area contributed by atoms with Crippen LogP contribution >= 0.6 is 22.7 Å². The molecule has 0 saturated carbocycles. The number of imide groups is 1. The number of ether oxygens (including phenoxy) is 1. The highest BCUT2D eigenvalue weighted by atomic mass is 32.2. The summed E-state index contributed by atoms with van der Waals surface area (Å²) < 4.78 is 29.3. The molecule has 0 saturated heterocycles. The second kappa shape index (κ2) is 11.0. The van der Waals surface area contributed by atoms with Crippen LogP contribution < -0.4 is 15.4 Å².